The minimum absolute atomic E-state index is 0.0625. The largest absolute Gasteiger partial charge is 0.507 e. The van der Waals surface area contributed by atoms with Crippen molar-refractivity contribution >= 4 is 23.2 Å². The van der Waals surface area contributed by atoms with Gasteiger partial charge in [0.15, 0.2) is 0 Å². The summed E-state index contributed by atoms with van der Waals surface area (Å²) in [5.41, 5.74) is 3.92. The first-order valence-electron chi connectivity index (χ1n) is 8.54. The lowest BCUT2D eigenvalue weighted by Crippen LogP contribution is -2.14. The Balaban J connectivity index is 1.83. The highest BCUT2D eigenvalue weighted by molar-refractivity contribution is 5.80. The van der Waals surface area contributed by atoms with Gasteiger partial charge in [0.05, 0.1) is 16.7 Å². The fourth-order valence-electron chi connectivity index (χ4n) is 3.05. The molecule has 0 aliphatic rings. The number of aromatic nitrogens is 2. The van der Waals surface area contributed by atoms with Crippen LogP contribution >= 0.6 is 0 Å². The second kappa shape index (κ2) is 6.53. The van der Waals surface area contributed by atoms with E-state index in [-0.39, 0.29) is 17.2 Å². The third kappa shape index (κ3) is 3.11. The average molecular weight is 358 g/mol. The Hall–Kier alpha value is -3.73. The van der Waals surface area contributed by atoms with E-state index < -0.39 is 0 Å². The van der Waals surface area contributed by atoms with Crippen LogP contribution in [0.4, 0.5) is 0 Å². The number of phenols is 2. The van der Waals surface area contributed by atoms with Crippen LogP contribution in [0.5, 0.6) is 11.5 Å². The summed E-state index contributed by atoms with van der Waals surface area (Å²) in [6.07, 6.45) is 3.62. The zero-order valence-corrected chi connectivity index (χ0v) is 14.7. The molecule has 3 N–H and O–H groups in total. The van der Waals surface area contributed by atoms with Crippen molar-refractivity contribution in [3.8, 4) is 17.2 Å². The quantitative estimate of drug-likeness (QED) is 0.480. The second-order valence-electron chi connectivity index (χ2n) is 6.43. The zero-order valence-electron chi connectivity index (χ0n) is 14.7. The molecule has 1 heterocycles. The molecular formula is C22H18N2O3. The maximum atomic E-state index is 12.4. The number of benzene rings is 3. The molecule has 0 bridgehead atoms. The number of hydrogen-bond acceptors (Lipinski definition) is 3. The summed E-state index contributed by atoms with van der Waals surface area (Å²) in [6, 6.07) is 18.1. The Morgan fingerprint density at radius 3 is 2.44 bits per heavy atom. The van der Waals surface area contributed by atoms with Gasteiger partial charge in [-0.2, -0.15) is 0 Å². The third-order valence-electron chi connectivity index (χ3n) is 4.49. The fourth-order valence-corrected chi connectivity index (χ4v) is 3.05. The van der Waals surface area contributed by atoms with Crippen molar-refractivity contribution in [3.63, 3.8) is 0 Å². The molecule has 0 radical (unpaired) electrons. The molecule has 0 aliphatic carbocycles. The Bertz CT molecular complexity index is 1210. The van der Waals surface area contributed by atoms with E-state index in [1.165, 1.54) is 16.2 Å². The Labute approximate surface area is 155 Å². The highest BCUT2D eigenvalue weighted by Gasteiger charge is 2.14. The van der Waals surface area contributed by atoms with Crippen molar-refractivity contribution in [2.75, 3.05) is 0 Å². The predicted molar refractivity (Wildman–Crippen MR) is 107 cm³/mol. The van der Waals surface area contributed by atoms with Crippen molar-refractivity contribution in [1.29, 1.82) is 0 Å². The van der Waals surface area contributed by atoms with Gasteiger partial charge in [0.2, 0.25) is 0 Å². The van der Waals surface area contributed by atoms with Crippen LogP contribution in [0.1, 0.15) is 16.7 Å². The lowest BCUT2D eigenvalue weighted by Gasteiger charge is -2.09. The van der Waals surface area contributed by atoms with Crippen molar-refractivity contribution in [2.24, 2.45) is 0 Å². The molecule has 134 valence electrons. The van der Waals surface area contributed by atoms with E-state index in [1.807, 2.05) is 49.4 Å². The van der Waals surface area contributed by atoms with Crippen LogP contribution in [0.25, 0.3) is 28.9 Å². The summed E-state index contributed by atoms with van der Waals surface area (Å²) in [5, 5.41) is 20.5. The second-order valence-corrected chi connectivity index (χ2v) is 6.43. The molecule has 0 amide bonds. The molecule has 1 aromatic heterocycles. The Morgan fingerprint density at radius 1 is 0.926 bits per heavy atom. The SMILES string of the molecule is Cc1ccc(/C=C/c2cc(-n3c(=O)[nH]c4ccccc43)c(O)cc2O)cc1. The van der Waals surface area contributed by atoms with E-state index in [0.29, 0.717) is 22.3 Å². The normalized spacial score (nSPS) is 11.4. The number of para-hydroxylation sites is 2. The number of phenolic OH excluding ortho intramolecular Hbond substituents is 2. The molecule has 3 aromatic carbocycles. The van der Waals surface area contributed by atoms with E-state index in [0.717, 1.165) is 5.56 Å². The first kappa shape index (κ1) is 16.7. The van der Waals surface area contributed by atoms with Gasteiger partial charge in [0.1, 0.15) is 11.5 Å². The summed E-state index contributed by atoms with van der Waals surface area (Å²) in [4.78, 5) is 15.2. The van der Waals surface area contributed by atoms with Crippen LogP contribution in [0, 0.1) is 6.92 Å². The molecular weight excluding hydrogens is 340 g/mol. The maximum absolute atomic E-state index is 12.4. The number of fused-ring (bicyclic) bond motifs is 1. The van der Waals surface area contributed by atoms with Gasteiger partial charge in [0, 0.05) is 11.6 Å². The molecule has 0 spiro atoms. The van der Waals surface area contributed by atoms with Gasteiger partial charge in [-0.15, -0.1) is 0 Å². The molecule has 4 rings (SSSR count). The molecule has 5 nitrogen and oxygen atoms in total. The predicted octanol–water partition coefficient (Wildman–Crippen LogP) is 4.21. The smallest absolute Gasteiger partial charge is 0.331 e. The van der Waals surface area contributed by atoms with Gasteiger partial charge in [-0.3, -0.25) is 4.57 Å². The number of hydrogen-bond donors (Lipinski definition) is 3. The lowest BCUT2D eigenvalue weighted by atomic mass is 10.1. The molecule has 4 aromatic rings. The number of imidazole rings is 1. The standard InChI is InChI=1S/C22H18N2O3/c1-14-6-8-15(9-7-14)10-11-16-12-19(21(26)13-20(16)25)24-18-5-3-2-4-17(18)23-22(24)27/h2-13,25-26H,1H3,(H,23,27)/b11-10+. The van der Waals surface area contributed by atoms with Gasteiger partial charge in [-0.05, 0) is 30.7 Å². The Kier molecular flexibility index (Phi) is 4.05. The van der Waals surface area contributed by atoms with Gasteiger partial charge >= 0.3 is 5.69 Å². The molecule has 0 aliphatic heterocycles. The van der Waals surface area contributed by atoms with Gasteiger partial charge < -0.3 is 15.2 Å². The lowest BCUT2D eigenvalue weighted by molar-refractivity contribution is 0.448. The topological polar surface area (TPSA) is 78.2 Å². The van der Waals surface area contributed by atoms with Crippen LogP contribution in [0.15, 0.2) is 65.5 Å². The van der Waals surface area contributed by atoms with Gasteiger partial charge in [0.25, 0.3) is 0 Å². The van der Waals surface area contributed by atoms with Crippen LogP contribution < -0.4 is 5.69 Å². The van der Waals surface area contributed by atoms with Crippen LogP contribution in [0.3, 0.4) is 0 Å². The summed E-state index contributed by atoms with van der Waals surface area (Å²) >= 11 is 0. The zero-order chi connectivity index (χ0) is 19.0. The first-order chi connectivity index (χ1) is 13.0. The molecule has 0 saturated heterocycles. The van der Waals surface area contributed by atoms with Gasteiger partial charge in [-0.1, -0.05) is 54.1 Å². The maximum Gasteiger partial charge on any atom is 0.331 e. The van der Waals surface area contributed by atoms with E-state index in [4.69, 9.17) is 0 Å². The van der Waals surface area contributed by atoms with Crippen molar-refractivity contribution < 1.29 is 10.2 Å². The summed E-state index contributed by atoms with van der Waals surface area (Å²) in [6.45, 7) is 2.02. The van der Waals surface area contributed by atoms with E-state index in [2.05, 4.69) is 4.98 Å². The minimum atomic E-state index is -0.356. The summed E-state index contributed by atoms with van der Waals surface area (Å²) < 4.78 is 1.40. The van der Waals surface area contributed by atoms with Crippen molar-refractivity contribution in [2.45, 2.75) is 6.92 Å². The first-order valence-corrected chi connectivity index (χ1v) is 8.54. The number of H-pyrrole nitrogens is 1. The number of aryl methyl sites for hydroxylation is 1. The van der Waals surface area contributed by atoms with Gasteiger partial charge in [-0.25, -0.2) is 4.79 Å². The molecule has 0 saturated carbocycles. The average Bonchev–Trinajstić information content (AvgIpc) is 2.98. The molecule has 0 atom stereocenters. The van der Waals surface area contributed by atoms with E-state index in [1.54, 1.807) is 24.3 Å². The number of aromatic hydroxyl groups is 2. The molecule has 0 unspecified atom stereocenters. The van der Waals surface area contributed by atoms with Crippen LogP contribution in [-0.4, -0.2) is 19.8 Å². The summed E-state index contributed by atoms with van der Waals surface area (Å²) in [5.74, 6) is -0.237. The number of nitrogens with one attached hydrogen (secondary N) is 1. The van der Waals surface area contributed by atoms with Crippen LogP contribution in [-0.2, 0) is 0 Å². The monoisotopic (exact) mass is 358 g/mol. The highest BCUT2D eigenvalue weighted by Crippen LogP contribution is 2.32. The van der Waals surface area contributed by atoms with Crippen molar-refractivity contribution in [1.82, 2.24) is 9.55 Å². The summed E-state index contributed by atoms with van der Waals surface area (Å²) in [7, 11) is 0. The Morgan fingerprint density at radius 2 is 1.67 bits per heavy atom. The minimum Gasteiger partial charge on any atom is -0.507 e. The number of rotatable bonds is 3. The number of aromatic amines is 1. The molecule has 27 heavy (non-hydrogen) atoms. The third-order valence-corrected chi connectivity index (χ3v) is 4.49. The number of nitrogens with zero attached hydrogens (tertiary/aromatic N) is 1. The fraction of sp³-hybridized carbons (Fsp3) is 0.0455. The van der Waals surface area contributed by atoms with E-state index in [9.17, 15) is 15.0 Å². The van der Waals surface area contributed by atoms with Crippen molar-refractivity contribution in [3.05, 3.63) is 87.8 Å². The highest BCUT2D eigenvalue weighted by atomic mass is 16.3. The van der Waals surface area contributed by atoms with Crippen LogP contribution in [0.2, 0.25) is 0 Å². The van der Waals surface area contributed by atoms with E-state index >= 15 is 0 Å². The molecule has 0 fully saturated rings. The molecule has 5 heteroatoms.